The zero-order chi connectivity index (χ0) is 17.2. The number of hydrogen-bond acceptors (Lipinski definition) is 4. The van der Waals surface area contributed by atoms with Gasteiger partial charge in [-0.3, -0.25) is 0 Å². The number of H-pyrrole nitrogens is 1. The summed E-state index contributed by atoms with van der Waals surface area (Å²) in [5.74, 6) is -3.79. The highest BCUT2D eigenvalue weighted by Crippen LogP contribution is 2.35. The number of carboxylic acids is 2. The third-order valence-electron chi connectivity index (χ3n) is 2.79. The van der Waals surface area contributed by atoms with E-state index < -0.39 is 40.6 Å². The zero-order valence-corrected chi connectivity index (χ0v) is 11.1. The molecule has 0 spiro atoms. The van der Waals surface area contributed by atoms with Crippen LogP contribution in [0.5, 0.6) is 0 Å². The fourth-order valence-corrected chi connectivity index (χ4v) is 1.91. The van der Waals surface area contributed by atoms with Crippen LogP contribution in [-0.4, -0.2) is 37.6 Å². The lowest BCUT2D eigenvalue weighted by atomic mass is 9.95. The number of rotatable bonds is 4. The van der Waals surface area contributed by atoms with Gasteiger partial charge < -0.3 is 10.2 Å². The number of nitrogens with one attached hydrogen (secondary N) is 1. The molecule has 0 saturated carbocycles. The van der Waals surface area contributed by atoms with E-state index in [1.165, 1.54) is 30.3 Å². The van der Waals surface area contributed by atoms with Gasteiger partial charge in [0.2, 0.25) is 0 Å². The van der Waals surface area contributed by atoms with Gasteiger partial charge in [-0.1, -0.05) is 30.3 Å². The highest BCUT2D eigenvalue weighted by molar-refractivity contribution is 6.20. The van der Waals surface area contributed by atoms with E-state index >= 15 is 0 Å². The summed E-state index contributed by atoms with van der Waals surface area (Å²) in [6.07, 6.45) is -4.94. The standard InChI is InChI=1S/C13H8F3N3O4/c14-13(15,16)10-9(17-19-18-10)7(6-4-2-1-3-5-6)8(11(20)21)12(22)23/h1-5H,(H,20,21)(H,22,23)(H,17,18,19). The Bertz CT molecular complexity index is 765. The number of carboxylic acid groups (broad SMARTS) is 2. The summed E-state index contributed by atoms with van der Waals surface area (Å²) in [5, 5.41) is 26.2. The van der Waals surface area contributed by atoms with Gasteiger partial charge >= 0.3 is 18.1 Å². The van der Waals surface area contributed by atoms with Crippen molar-refractivity contribution < 1.29 is 33.0 Å². The molecule has 0 unspecified atom stereocenters. The van der Waals surface area contributed by atoms with E-state index in [-0.39, 0.29) is 5.56 Å². The van der Waals surface area contributed by atoms with Gasteiger partial charge in [-0.2, -0.15) is 28.6 Å². The minimum atomic E-state index is -4.94. The molecule has 23 heavy (non-hydrogen) atoms. The summed E-state index contributed by atoms with van der Waals surface area (Å²) in [7, 11) is 0. The van der Waals surface area contributed by atoms with Crippen molar-refractivity contribution in [1.29, 1.82) is 0 Å². The lowest BCUT2D eigenvalue weighted by Crippen LogP contribution is -2.17. The van der Waals surface area contributed by atoms with Gasteiger partial charge in [0.1, 0.15) is 5.69 Å². The predicted molar refractivity (Wildman–Crippen MR) is 69.1 cm³/mol. The van der Waals surface area contributed by atoms with Crippen molar-refractivity contribution in [3.05, 3.63) is 52.9 Å². The molecule has 0 aliphatic carbocycles. The Morgan fingerprint density at radius 1 is 1.00 bits per heavy atom. The first-order chi connectivity index (χ1) is 10.7. The molecule has 1 aromatic heterocycles. The number of carbonyl (C=O) groups is 2. The van der Waals surface area contributed by atoms with E-state index in [9.17, 15) is 22.8 Å². The van der Waals surface area contributed by atoms with Crippen LogP contribution in [0.4, 0.5) is 13.2 Å². The van der Waals surface area contributed by atoms with Crippen LogP contribution in [0.15, 0.2) is 35.9 Å². The van der Waals surface area contributed by atoms with Crippen LogP contribution < -0.4 is 0 Å². The van der Waals surface area contributed by atoms with E-state index in [4.69, 9.17) is 10.2 Å². The Balaban J connectivity index is 2.86. The fraction of sp³-hybridized carbons (Fsp3) is 0.0769. The highest BCUT2D eigenvalue weighted by Gasteiger charge is 2.40. The van der Waals surface area contributed by atoms with E-state index in [0.717, 1.165) is 0 Å². The van der Waals surface area contributed by atoms with Crippen molar-refractivity contribution in [2.75, 3.05) is 0 Å². The Hall–Kier alpha value is -3.17. The number of alkyl halides is 3. The molecular weight excluding hydrogens is 319 g/mol. The number of aromatic nitrogens is 3. The second-order valence-electron chi connectivity index (χ2n) is 4.24. The van der Waals surface area contributed by atoms with Crippen LogP contribution in [0.25, 0.3) is 5.57 Å². The number of hydrogen-bond donors (Lipinski definition) is 3. The fourth-order valence-electron chi connectivity index (χ4n) is 1.91. The van der Waals surface area contributed by atoms with Crippen LogP contribution >= 0.6 is 0 Å². The van der Waals surface area contributed by atoms with Gasteiger partial charge in [0.15, 0.2) is 11.3 Å². The first kappa shape index (κ1) is 16.2. The Morgan fingerprint density at radius 3 is 2.04 bits per heavy atom. The number of nitrogens with zero attached hydrogens (tertiary/aromatic N) is 2. The maximum atomic E-state index is 13.0. The molecule has 1 aromatic carbocycles. The van der Waals surface area contributed by atoms with Crippen molar-refractivity contribution in [2.45, 2.75) is 6.18 Å². The molecule has 0 radical (unpaired) electrons. The molecule has 10 heteroatoms. The molecule has 0 amide bonds. The molecule has 2 rings (SSSR count). The van der Waals surface area contributed by atoms with E-state index in [0.29, 0.717) is 0 Å². The minimum Gasteiger partial charge on any atom is -0.477 e. The van der Waals surface area contributed by atoms with Gasteiger partial charge in [-0.15, -0.1) is 0 Å². The number of aromatic amines is 1. The Morgan fingerprint density at radius 2 is 1.57 bits per heavy atom. The van der Waals surface area contributed by atoms with Crippen molar-refractivity contribution in [1.82, 2.24) is 15.4 Å². The summed E-state index contributed by atoms with van der Waals surface area (Å²) in [4.78, 5) is 22.5. The molecule has 0 saturated heterocycles. The molecular formula is C13H8F3N3O4. The average molecular weight is 327 g/mol. The topological polar surface area (TPSA) is 116 Å². The molecule has 7 nitrogen and oxygen atoms in total. The van der Waals surface area contributed by atoms with Crippen molar-refractivity contribution in [2.24, 2.45) is 0 Å². The highest BCUT2D eigenvalue weighted by atomic mass is 19.4. The maximum Gasteiger partial charge on any atom is 0.437 e. The first-order valence-electron chi connectivity index (χ1n) is 5.98. The molecule has 0 aliphatic rings. The van der Waals surface area contributed by atoms with Gasteiger partial charge in [-0.05, 0) is 5.56 Å². The largest absolute Gasteiger partial charge is 0.477 e. The molecule has 0 atom stereocenters. The predicted octanol–water partition coefficient (Wildman–Crippen LogP) is 1.79. The quantitative estimate of drug-likeness (QED) is 0.448. The smallest absolute Gasteiger partial charge is 0.437 e. The summed E-state index contributed by atoms with van der Waals surface area (Å²) < 4.78 is 39.0. The van der Waals surface area contributed by atoms with Crippen LogP contribution in [0.3, 0.4) is 0 Å². The second kappa shape index (κ2) is 5.91. The third-order valence-corrected chi connectivity index (χ3v) is 2.79. The van der Waals surface area contributed by atoms with Crippen molar-refractivity contribution in [3.8, 4) is 0 Å². The Kier molecular flexibility index (Phi) is 4.16. The summed E-state index contributed by atoms with van der Waals surface area (Å²) in [6.45, 7) is 0. The van der Waals surface area contributed by atoms with E-state index in [1.807, 2.05) is 0 Å². The average Bonchev–Trinajstić information content (AvgIpc) is 2.93. The van der Waals surface area contributed by atoms with Gasteiger partial charge in [0.25, 0.3) is 0 Å². The molecule has 0 bridgehead atoms. The van der Waals surface area contributed by atoms with E-state index in [1.54, 1.807) is 5.21 Å². The van der Waals surface area contributed by atoms with Crippen LogP contribution in [0.2, 0.25) is 0 Å². The number of aliphatic carboxylic acids is 2. The minimum absolute atomic E-state index is 0.0494. The van der Waals surface area contributed by atoms with Gasteiger partial charge in [0.05, 0.1) is 0 Å². The van der Waals surface area contributed by atoms with Crippen LogP contribution in [0, 0.1) is 0 Å². The zero-order valence-electron chi connectivity index (χ0n) is 11.1. The first-order valence-corrected chi connectivity index (χ1v) is 5.98. The number of halogens is 3. The van der Waals surface area contributed by atoms with Gasteiger partial charge in [0, 0.05) is 5.57 Å². The molecule has 2 aromatic rings. The summed E-state index contributed by atoms with van der Waals surface area (Å²) in [5.41, 5.74) is -4.38. The van der Waals surface area contributed by atoms with Crippen LogP contribution in [-0.2, 0) is 15.8 Å². The van der Waals surface area contributed by atoms with Crippen molar-refractivity contribution >= 4 is 17.5 Å². The third kappa shape index (κ3) is 3.20. The maximum absolute atomic E-state index is 13.0. The molecule has 1 heterocycles. The van der Waals surface area contributed by atoms with Gasteiger partial charge in [-0.25, -0.2) is 9.59 Å². The summed E-state index contributed by atoms with van der Waals surface area (Å²) in [6, 6.07) is 6.93. The summed E-state index contributed by atoms with van der Waals surface area (Å²) >= 11 is 0. The lowest BCUT2D eigenvalue weighted by molar-refractivity contribution is -0.142. The van der Waals surface area contributed by atoms with Crippen LogP contribution in [0.1, 0.15) is 17.0 Å². The Labute approximate surface area is 126 Å². The second-order valence-corrected chi connectivity index (χ2v) is 4.24. The SMILES string of the molecule is O=C(O)C(C(=O)O)=C(c1ccccc1)c1n[nH]nc1C(F)(F)F. The number of benzene rings is 1. The molecule has 0 fully saturated rings. The van der Waals surface area contributed by atoms with Crippen molar-refractivity contribution in [3.63, 3.8) is 0 Å². The monoisotopic (exact) mass is 327 g/mol. The molecule has 3 N–H and O–H groups in total. The lowest BCUT2D eigenvalue weighted by Gasteiger charge is -2.11. The molecule has 120 valence electrons. The van der Waals surface area contributed by atoms with E-state index in [2.05, 4.69) is 10.2 Å². The normalized spacial score (nSPS) is 11.1. The molecule has 0 aliphatic heterocycles.